The molecule has 0 N–H and O–H groups in total. The second kappa shape index (κ2) is 23.0. The number of halogens is 3. The predicted octanol–water partition coefficient (Wildman–Crippen LogP) is 2.29. The van der Waals surface area contributed by atoms with Gasteiger partial charge in [-0.05, 0) is 39.0 Å². The summed E-state index contributed by atoms with van der Waals surface area (Å²) in [4.78, 5) is 67.3. The second-order valence-corrected chi connectivity index (χ2v) is 10.3. The van der Waals surface area contributed by atoms with E-state index in [1.165, 1.54) is 36.4 Å². The molecule has 0 fully saturated rings. The quantitative estimate of drug-likeness (QED) is 0.145. The van der Waals surface area contributed by atoms with Crippen LogP contribution in [0.5, 0.6) is 17.2 Å². The van der Waals surface area contributed by atoms with Gasteiger partial charge in [0.05, 0.1) is 74.1 Å². The maximum absolute atomic E-state index is 11.5. The van der Waals surface area contributed by atoms with Crippen molar-refractivity contribution in [1.82, 2.24) is 0 Å². The summed E-state index contributed by atoms with van der Waals surface area (Å²) in [6.07, 6.45) is 0. The molecule has 0 aliphatic rings. The number of ether oxygens (including phenoxy) is 6. The molecule has 0 saturated heterocycles. The molecule has 0 radical (unpaired) electrons. The Hall–Kier alpha value is -4.72. The molecule has 19 heteroatoms. The third kappa shape index (κ3) is 12.2. The maximum atomic E-state index is 11.5. The van der Waals surface area contributed by atoms with Crippen molar-refractivity contribution in [1.29, 1.82) is 0 Å². The number of carbonyl (C=O) groups is 6. The van der Waals surface area contributed by atoms with E-state index in [1.54, 1.807) is 20.8 Å². The normalized spacial score (nSPS) is 9.63. The zero-order chi connectivity index (χ0) is 39.0. The van der Waals surface area contributed by atoms with Crippen LogP contribution < -0.4 is 29.5 Å². The molecule has 3 rings (SSSR count). The number of esters is 3. The fourth-order valence-corrected chi connectivity index (χ4v) is 4.59. The fourth-order valence-electron chi connectivity index (χ4n) is 3.95. The van der Waals surface area contributed by atoms with Gasteiger partial charge in [-0.3, -0.25) is 0 Å². The first-order valence-electron chi connectivity index (χ1n) is 14.3. The second-order valence-electron chi connectivity index (χ2n) is 9.03. The number of methoxy groups -OCH3 is 3. The molecular weight excluding hydrogens is 770 g/mol. The van der Waals surface area contributed by atoms with Crippen LogP contribution in [0.1, 0.15) is 82.9 Å². The van der Waals surface area contributed by atoms with Crippen molar-refractivity contribution in [3.8, 4) is 17.2 Å². The van der Waals surface area contributed by atoms with Gasteiger partial charge < -0.3 is 58.1 Å². The van der Waals surface area contributed by atoms with Gasteiger partial charge in [-0.15, -0.1) is 0 Å². The van der Waals surface area contributed by atoms with Gasteiger partial charge in [-0.2, -0.15) is 0 Å². The number of carboxylic acid groups (broad SMARTS) is 3. The van der Waals surface area contributed by atoms with Crippen molar-refractivity contribution in [2.75, 3.05) is 41.2 Å². The van der Waals surface area contributed by atoms with Crippen molar-refractivity contribution in [2.24, 2.45) is 0 Å². The zero-order valence-electron chi connectivity index (χ0n) is 28.4. The summed E-state index contributed by atoms with van der Waals surface area (Å²) in [5.41, 5.74) is -1.65. The first-order valence-corrected chi connectivity index (χ1v) is 15.5. The summed E-state index contributed by atoms with van der Waals surface area (Å²) in [6, 6.07) is 7.49. The average Bonchev–Trinajstić information content (AvgIpc) is 3.09. The molecular formula is C33H30AlCl3O15. The molecule has 276 valence electrons. The van der Waals surface area contributed by atoms with Gasteiger partial charge in [0, 0.05) is 16.7 Å². The van der Waals surface area contributed by atoms with Crippen molar-refractivity contribution in [3.63, 3.8) is 0 Å². The summed E-state index contributed by atoms with van der Waals surface area (Å²) in [6.45, 7) is 5.76. The number of benzene rings is 3. The van der Waals surface area contributed by atoms with E-state index >= 15 is 0 Å². The maximum Gasteiger partial charge on any atom is 3.00 e. The minimum Gasteiger partial charge on any atom is -0.545 e. The average molecular weight is 800 g/mol. The van der Waals surface area contributed by atoms with Gasteiger partial charge in [-0.25, -0.2) is 14.4 Å². The van der Waals surface area contributed by atoms with Gasteiger partial charge in [0.2, 0.25) is 0 Å². The minimum absolute atomic E-state index is 0. The third-order valence-electron chi connectivity index (χ3n) is 6.02. The number of aromatic carboxylic acids is 3. The Labute approximate surface area is 323 Å². The molecule has 3 aromatic carbocycles. The van der Waals surface area contributed by atoms with Crippen molar-refractivity contribution in [2.45, 2.75) is 20.8 Å². The van der Waals surface area contributed by atoms with Crippen LogP contribution in [-0.2, 0) is 14.2 Å². The van der Waals surface area contributed by atoms with E-state index in [0.29, 0.717) is 0 Å². The van der Waals surface area contributed by atoms with E-state index in [0.717, 1.165) is 21.3 Å². The van der Waals surface area contributed by atoms with Gasteiger partial charge in [-0.1, -0.05) is 53.0 Å². The Morgan fingerprint density at radius 1 is 0.481 bits per heavy atom. The Balaban J connectivity index is 0.000000743. The van der Waals surface area contributed by atoms with Crippen LogP contribution in [0, 0.1) is 0 Å². The van der Waals surface area contributed by atoms with Crippen LogP contribution in [0.15, 0.2) is 36.4 Å². The largest absolute Gasteiger partial charge is 3.00 e. The van der Waals surface area contributed by atoms with Crippen LogP contribution in [0.25, 0.3) is 0 Å². The van der Waals surface area contributed by atoms with E-state index in [9.17, 15) is 44.1 Å². The predicted molar refractivity (Wildman–Crippen MR) is 181 cm³/mol. The van der Waals surface area contributed by atoms with Gasteiger partial charge in [0.25, 0.3) is 0 Å². The van der Waals surface area contributed by atoms with E-state index < -0.39 is 35.8 Å². The van der Waals surface area contributed by atoms with E-state index in [-0.39, 0.29) is 103 Å². The fraction of sp³-hybridized carbons (Fsp3) is 0.273. The topological polar surface area (TPSA) is 227 Å². The Morgan fingerprint density at radius 3 is 0.846 bits per heavy atom. The number of rotatable bonds is 12. The molecule has 0 atom stereocenters. The molecule has 15 nitrogen and oxygen atoms in total. The van der Waals surface area contributed by atoms with Crippen LogP contribution in [-0.4, -0.2) is 94.3 Å². The first-order chi connectivity index (χ1) is 24.1. The molecule has 0 unspecified atom stereocenters. The molecule has 0 heterocycles. The standard InChI is InChI=1S/3C11H11ClO5.Al/c3*1-3-17-9-7(12)5-4-6(10(13)14)8(9)11(15)16-2;/h3*4-5H,3H2,1-2H3,(H,13,14);/q;;;+3/p-3. The summed E-state index contributed by atoms with van der Waals surface area (Å²) in [5.74, 6) is -7.04. The monoisotopic (exact) mass is 798 g/mol. The summed E-state index contributed by atoms with van der Waals surface area (Å²) >= 11 is 17.5. The molecule has 0 aromatic heterocycles. The Morgan fingerprint density at radius 2 is 0.692 bits per heavy atom. The molecule has 3 aromatic rings. The molecule has 0 spiro atoms. The van der Waals surface area contributed by atoms with Gasteiger partial charge in [0.15, 0.2) is 17.2 Å². The zero-order valence-corrected chi connectivity index (χ0v) is 31.8. The number of carbonyl (C=O) groups excluding carboxylic acids is 6. The van der Waals surface area contributed by atoms with Crippen LogP contribution in [0.2, 0.25) is 15.1 Å². The smallest absolute Gasteiger partial charge is 0.545 e. The van der Waals surface area contributed by atoms with Crippen LogP contribution >= 0.6 is 34.8 Å². The number of carboxylic acids is 3. The van der Waals surface area contributed by atoms with Crippen molar-refractivity contribution >= 4 is 88.0 Å². The molecule has 0 aliphatic heterocycles. The first kappa shape index (κ1) is 47.3. The van der Waals surface area contributed by atoms with E-state index in [4.69, 9.17) is 49.0 Å². The molecule has 0 aliphatic carbocycles. The van der Waals surface area contributed by atoms with E-state index in [2.05, 4.69) is 14.2 Å². The third-order valence-corrected chi connectivity index (χ3v) is 6.92. The minimum atomic E-state index is -1.50. The van der Waals surface area contributed by atoms with Gasteiger partial charge >= 0.3 is 35.3 Å². The summed E-state index contributed by atoms with van der Waals surface area (Å²) in [7, 11) is 3.41. The number of hydrogen-bond donors (Lipinski definition) is 0. The molecule has 52 heavy (non-hydrogen) atoms. The molecule has 0 bridgehead atoms. The van der Waals surface area contributed by atoms with E-state index in [1.807, 2.05) is 0 Å². The van der Waals surface area contributed by atoms with Gasteiger partial charge in [0.1, 0.15) is 16.7 Å². The Bertz CT molecular complexity index is 1580. The Kier molecular flexibility index (Phi) is 20.9. The summed E-state index contributed by atoms with van der Waals surface area (Å²) < 4.78 is 29.0. The summed E-state index contributed by atoms with van der Waals surface area (Å²) in [5, 5.41) is 33.1. The SMILES string of the molecule is CCOc1c(Cl)ccc(C(=O)[O-])c1C(=O)OC.CCOc1c(Cl)ccc(C(=O)[O-])c1C(=O)OC.CCOc1c(Cl)ccc(C(=O)[O-])c1C(=O)OC.[Al+3]. The van der Waals surface area contributed by atoms with Crippen molar-refractivity contribution in [3.05, 3.63) is 84.8 Å². The van der Waals surface area contributed by atoms with Crippen LogP contribution in [0.3, 0.4) is 0 Å². The molecule has 0 saturated carbocycles. The number of hydrogen-bond acceptors (Lipinski definition) is 15. The molecule has 0 amide bonds. The van der Waals surface area contributed by atoms with Crippen molar-refractivity contribution < 1.29 is 72.5 Å². The van der Waals surface area contributed by atoms with Crippen LogP contribution in [0.4, 0.5) is 0 Å².